The maximum atomic E-state index is 11.7. The van der Waals surface area contributed by atoms with Crippen LogP contribution in [0.3, 0.4) is 0 Å². The lowest BCUT2D eigenvalue weighted by Crippen LogP contribution is -2.13. The number of Topliss-reactive ketones (excluding diaryl/α,β-unsaturated/α-hetero) is 1. The van der Waals surface area contributed by atoms with Crippen LogP contribution in [0.5, 0.6) is 0 Å². The molecule has 0 saturated heterocycles. The van der Waals surface area contributed by atoms with E-state index in [0.717, 1.165) is 0 Å². The first-order valence-electron chi connectivity index (χ1n) is 4.46. The molecule has 1 aromatic carbocycles. The van der Waals surface area contributed by atoms with E-state index in [9.17, 15) is 9.59 Å². The average Bonchev–Trinajstić information content (AvgIpc) is 2.16. The van der Waals surface area contributed by atoms with Gasteiger partial charge in [0.25, 0.3) is 0 Å². The number of carbonyl (C=O) groups is 2. The quantitative estimate of drug-likeness (QED) is 0.679. The zero-order valence-corrected chi connectivity index (χ0v) is 10.0. The highest BCUT2D eigenvalue weighted by Gasteiger charge is 2.17. The first kappa shape index (κ1) is 11.9. The molecule has 1 rings (SSSR count). The van der Waals surface area contributed by atoms with E-state index in [-0.39, 0.29) is 16.2 Å². The second-order valence-corrected chi connectivity index (χ2v) is 4.64. The summed E-state index contributed by atoms with van der Waals surface area (Å²) in [7, 11) is 0. The van der Waals surface area contributed by atoms with Crippen LogP contribution in [-0.4, -0.2) is 21.7 Å². The van der Waals surface area contributed by atoms with E-state index in [0.29, 0.717) is 11.1 Å². The topological polar surface area (TPSA) is 54.4 Å². The van der Waals surface area contributed by atoms with Crippen molar-refractivity contribution >= 4 is 27.7 Å². The highest BCUT2D eigenvalue weighted by molar-refractivity contribution is 9.10. The third kappa shape index (κ3) is 2.45. The number of carboxylic acids is 1. The van der Waals surface area contributed by atoms with Crippen LogP contribution in [0.2, 0.25) is 0 Å². The lowest BCUT2D eigenvalue weighted by molar-refractivity contribution is 0.0696. The van der Waals surface area contributed by atoms with E-state index in [2.05, 4.69) is 15.9 Å². The highest BCUT2D eigenvalue weighted by Crippen LogP contribution is 2.17. The van der Waals surface area contributed by atoms with E-state index < -0.39 is 5.97 Å². The van der Waals surface area contributed by atoms with Crippen molar-refractivity contribution in [2.45, 2.75) is 18.7 Å². The first-order valence-corrected chi connectivity index (χ1v) is 5.38. The largest absolute Gasteiger partial charge is 0.478 e. The Labute approximate surface area is 96.2 Å². The summed E-state index contributed by atoms with van der Waals surface area (Å²) in [6, 6.07) is 4.72. The molecule has 0 aliphatic carbocycles. The van der Waals surface area contributed by atoms with Crippen LogP contribution in [0.4, 0.5) is 0 Å². The molecule has 0 spiro atoms. The Morgan fingerprint density at radius 3 is 2.33 bits per heavy atom. The minimum absolute atomic E-state index is 0.101. The summed E-state index contributed by atoms with van der Waals surface area (Å²) in [4.78, 5) is 22.2. The van der Waals surface area contributed by atoms with E-state index >= 15 is 0 Å². The van der Waals surface area contributed by atoms with Gasteiger partial charge < -0.3 is 5.11 Å². The van der Waals surface area contributed by atoms with Gasteiger partial charge in [-0.1, -0.05) is 28.1 Å². The molecule has 0 aliphatic heterocycles. The number of carbonyl (C=O) groups excluding carboxylic acids is 1. The second-order valence-electron chi connectivity index (χ2n) is 3.26. The average molecular weight is 271 g/mol. The Balaban J connectivity index is 3.27. The van der Waals surface area contributed by atoms with Gasteiger partial charge in [0.05, 0.1) is 10.4 Å². The Morgan fingerprint density at radius 1 is 1.33 bits per heavy atom. The molecule has 0 aliphatic rings. The maximum absolute atomic E-state index is 11.7. The van der Waals surface area contributed by atoms with Gasteiger partial charge in [0.2, 0.25) is 0 Å². The Morgan fingerprint density at radius 2 is 1.87 bits per heavy atom. The lowest BCUT2D eigenvalue weighted by Gasteiger charge is -2.08. The summed E-state index contributed by atoms with van der Waals surface area (Å²) in [6.45, 7) is 3.36. The molecule has 0 heterocycles. The minimum Gasteiger partial charge on any atom is -0.478 e. The van der Waals surface area contributed by atoms with Crippen molar-refractivity contribution in [1.29, 1.82) is 0 Å². The fourth-order valence-electron chi connectivity index (χ4n) is 1.35. The summed E-state index contributed by atoms with van der Waals surface area (Å²) in [5, 5.41) is 8.89. The van der Waals surface area contributed by atoms with Crippen LogP contribution in [0.25, 0.3) is 0 Å². The molecule has 0 amide bonds. The molecule has 80 valence electrons. The van der Waals surface area contributed by atoms with Crippen LogP contribution in [0.1, 0.15) is 33.2 Å². The Kier molecular flexibility index (Phi) is 3.63. The molecule has 3 nitrogen and oxygen atoms in total. The molecule has 1 atom stereocenters. The minimum atomic E-state index is -1.01. The first-order chi connectivity index (χ1) is 6.95. The molecule has 1 N–H and O–H groups in total. The fourth-order valence-corrected chi connectivity index (χ4v) is 1.60. The molecule has 1 aromatic rings. The number of alkyl halides is 1. The van der Waals surface area contributed by atoms with Gasteiger partial charge in [-0.25, -0.2) is 4.79 Å². The van der Waals surface area contributed by atoms with Crippen molar-refractivity contribution in [1.82, 2.24) is 0 Å². The third-order valence-corrected chi connectivity index (χ3v) is 2.61. The molecule has 0 fully saturated rings. The number of hydrogen-bond acceptors (Lipinski definition) is 2. The molecule has 0 bridgehead atoms. The summed E-state index contributed by atoms with van der Waals surface area (Å²) in [5.41, 5.74) is 1.15. The number of rotatable bonds is 3. The molecular weight excluding hydrogens is 260 g/mol. The molecule has 4 heteroatoms. The molecule has 15 heavy (non-hydrogen) atoms. The van der Waals surface area contributed by atoms with E-state index in [1.165, 1.54) is 6.07 Å². The van der Waals surface area contributed by atoms with Crippen LogP contribution in [0.15, 0.2) is 18.2 Å². The number of ketones is 1. The van der Waals surface area contributed by atoms with Gasteiger partial charge in [0.15, 0.2) is 5.78 Å². The lowest BCUT2D eigenvalue weighted by atomic mass is 9.98. The van der Waals surface area contributed by atoms with E-state index in [1.54, 1.807) is 26.0 Å². The van der Waals surface area contributed by atoms with Gasteiger partial charge in [-0.2, -0.15) is 0 Å². The van der Waals surface area contributed by atoms with Crippen LogP contribution in [-0.2, 0) is 0 Å². The SMILES string of the molecule is Cc1c(C(=O)O)cccc1C(=O)C(C)Br. The van der Waals surface area contributed by atoms with Crippen molar-refractivity contribution in [3.05, 3.63) is 34.9 Å². The summed E-state index contributed by atoms with van der Waals surface area (Å²) >= 11 is 3.18. The van der Waals surface area contributed by atoms with Crippen molar-refractivity contribution in [3.63, 3.8) is 0 Å². The van der Waals surface area contributed by atoms with Gasteiger partial charge in [-0.3, -0.25) is 4.79 Å². The molecule has 0 saturated carbocycles. The molecule has 0 radical (unpaired) electrons. The van der Waals surface area contributed by atoms with Gasteiger partial charge >= 0.3 is 5.97 Å². The predicted octanol–water partition coefficient (Wildman–Crippen LogP) is 2.66. The van der Waals surface area contributed by atoms with Crippen molar-refractivity contribution in [2.24, 2.45) is 0 Å². The molecule has 1 unspecified atom stereocenters. The van der Waals surface area contributed by atoms with Gasteiger partial charge in [0.1, 0.15) is 0 Å². The number of hydrogen-bond donors (Lipinski definition) is 1. The van der Waals surface area contributed by atoms with E-state index in [4.69, 9.17) is 5.11 Å². The third-order valence-electron chi connectivity index (χ3n) is 2.19. The zero-order chi connectivity index (χ0) is 11.6. The van der Waals surface area contributed by atoms with Crippen LogP contribution in [0, 0.1) is 6.92 Å². The molecular formula is C11H11BrO3. The van der Waals surface area contributed by atoms with Gasteiger partial charge in [-0.15, -0.1) is 0 Å². The fraction of sp³-hybridized carbons (Fsp3) is 0.273. The standard InChI is InChI=1S/C11H11BrO3/c1-6-8(10(13)7(2)12)4-3-5-9(6)11(14)15/h3-5,7H,1-2H3,(H,14,15). The molecule has 0 aromatic heterocycles. The van der Waals surface area contributed by atoms with Crippen LogP contribution < -0.4 is 0 Å². The summed E-state index contributed by atoms with van der Waals surface area (Å²) in [5.74, 6) is -1.11. The number of halogens is 1. The number of aromatic carboxylic acids is 1. The Hall–Kier alpha value is -1.16. The zero-order valence-electron chi connectivity index (χ0n) is 8.45. The van der Waals surface area contributed by atoms with Gasteiger partial charge in [-0.05, 0) is 25.5 Å². The monoisotopic (exact) mass is 270 g/mol. The number of carboxylic acid groups (broad SMARTS) is 1. The summed E-state index contributed by atoms with van der Waals surface area (Å²) < 4.78 is 0. The van der Waals surface area contributed by atoms with Gasteiger partial charge in [0, 0.05) is 5.56 Å². The van der Waals surface area contributed by atoms with Crippen molar-refractivity contribution in [3.8, 4) is 0 Å². The predicted molar refractivity (Wildman–Crippen MR) is 60.9 cm³/mol. The van der Waals surface area contributed by atoms with E-state index in [1.807, 2.05) is 0 Å². The maximum Gasteiger partial charge on any atom is 0.335 e. The smallest absolute Gasteiger partial charge is 0.335 e. The summed E-state index contributed by atoms with van der Waals surface area (Å²) in [6.07, 6.45) is 0. The normalized spacial score (nSPS) is 12.2. The number of benzene rings is 1. The van der Waals surface area contributed by atoms with Crippen molar-refractivity contribution in [2.75, 3.05) is 0 Å². The van der Waals surface area contributed by atoms with Crippen LogP contribution >= 0.6 is 15.9 Å². The van der Waals surface area contributed by atoms with Crippen molar-refractivity contribution < 1.29 is 14.7 Å². The highest BCUT2D eigenvalue weighted by atomic mass is 79.9. The second kappa shape index (κ2) is 4.57. The Bertz CT molecular complexity index is 410.